The molecule has 0 aliphatic rings. The lowest BCUT2D eigenvalue weighted by Crippen LogP contribution is -1.93. The van der Waals surface area contributed by atoms with Gasteiger partial charge in [-0.3, -0.25) is 5.43 Å². The van der Waals surface area contributed by atoms with E-state index in [-0.39, 0.29) is 0 Å². The maximum Gasteiger partial charge on any atom is 0.156 e. The quantitative estimate of drug-likeness (QED) is 0.688. The molecule has 1 aromatic heterocycles. The predicted octanol–water partition coefficient (Wildman–Crippen LogP) is 3.84. The SMILES string of the molecule is COc1c(Cl)cc(/C=N/Nc2ccccn2)cc1Cl. The molecule has 19 heavy (non-hydrogen) atoms. The van der Waals surface area contributed by atoms with Crippen molar-refractivity contribution in [2.75, 3.05) is 12.5 Å². The van der Waals surface area contributed by atoms with Crippen molar-refractivity contribution in [2.45, 2.75) is 0 Å². The van der Waals surface area contributed by atoms with E-state index in [1.54, 1.807) is 24.5 Å². The van der Waals surface area contributed by atoms with Gasteiger partial charge in [-0.1, -0.05) is 29.3 Å². The van der Waals surface area contributed by atoms with Crippen LogP contribution in [0.3, 0.4) is 0 Å². The zero-order valence-corrected chi connectivity index (χ0v) is 11.6. The number of nitrogens with zero attached hydrogens (tertiary/aromatic N) is 2. The van der Waals surface area contributed by atoms with Gasteiger partial charge in [0.1, 0.15) is 5.82 Å². The first-order chi connectivity index (χ1) is 9.20. The Labute approximate surface area is 121 Å². The highest BCUT2D eigenvalue weighted by atomic mass is 35.5. The molecular formula is C13H11Cl2N3O. The smallest absolute Gasteiger partial charge is 0.156 e. The zero-order chi connectivity index (χ0) is 13.7. The van der Waals surface area contributed by atoms with Crippen molar-refractivity contribution >= 4 is 35.2 Å². The molecule has 4 nitrogen and oxygen atoms in total. The van der Waals surface area contributed by atoms with Crippen LogP contribution in [0.5, 0.6) is 5.75 Å². The van der Waals surface area contributed by atoms with E-state index >= 15 is 0 Å². The van der Waals surface area contributed by atoms with E-state index in [1.165, 1.54) is 7.11 Å². The number of halogens is 2. The van der Waals surface area contributed by atoms with Crippen molar-refractivity contribution in [3.63, 3.8) is 0 Å². The van der Waals surface area contributed by atoms with E-state index in [0.717, 1.165) is 5.56 Å². The first-order valence-electron chi connectivity index (χ1n) is 5.44. The molecule has 98 valence electrons. The molecule has 0 saturated heterocycles. The molecule has 1 aromatic carbocycles. The lowest BCUT2D eigenvalue weighted by atomic mass is 10.2. The van der Waals surface area contributed by atoms with Crippen LogP contribution < -0.4 is 10.2 Å². The van der Waals surface area contributed by atoms with Crippen molar-refractivity contribution in [1.29, 1.82) is 0 Å². The highest BCUT2D eigenvalue weighted by molar-refractivity contribution is 6.37. The standard InChI is InChI=1S/C13H11Cl2N3O/c1-19-13-10(14)6-9(7-11(13)15)8-17-18-12-4-2-3-5-16-12/h2-8H,1H3,(H,16,18)/b17-8+. The van der Waals surface area contributed by atoms with Crippen LogP contribution >= 0.6 is 23.2 Å². The van der Waals surface area contributed by atoms with Gasteiger partial charge in [0.25, 0.3) is 0 Å². The number of methoxy groups -OCH3 is 1. The predicted molar refractivity (Wildman–Crippen MR) is 78.5 cm³/mol. The van der Waals surface area contributed by atoms with Gasteiger partial charge in [0, 0.05) is 6.20 Å². The number of hydrogen-bond acceptors (Lipinski definition) is 4. The molecule has 2 aromatic rings. The van der Waals surface area contributed by atoms with Crippen LogP contribution in [0.15, 0.2) is 41.6 Å². The van der Waals surface area contributed by atoms with Gasteiger partial charge in [-0.15, -0.1) is 0 Å². The Balaban J connectivity index is 2.11. The Morgan fingerprint density at radius 1 is 1.26 bits per heavy atom. The third-order valence-electron chi connectivity index (χ3n) is 2.28. The number of aromatic nitrogens is 1. The Kier molecular flexibility index (Phi) is 4.60. The van der Waals surface area contributed by atoms with Gasteiger partial charge in [-0.05, 0) is 29.8 Å². The molecule has 0 bridgehead atoms. The molecule has 0 unspecified atom stereocenters. The van der Waals surface area contributed by atoms with Gasteiger partial charge >= 0.3 is 0 Å². The van der Waals surface area contributed by atoms with E-state index in [4.69, 9.17) is 27.9 Å². The molecule has 0 amide bonds. The number of hydrogen-bond donors (Lipinski definition) is 1. The molecule has 0 atom stereocenters. The third kappa shape index (κ3) is 3.59. The molecule has 0 radical (unpaired) electrons. The Morgan fingerprint density at radius 2 is 2.00 bits per heavy atom. The largest absolute Gasteiger partial charge is 0.494 e. The van der Waals surface area contributed by atoms with Gasteiger partial charge in [0.15, 0.2) is 5.75 Å². The minimum atomic E-state index is 0.439. The number of ether oxygens (including phenoxy) is 1. The second-order valence-corrected chi connectivity index (χ2v) is 4.42. The van der Waals surface area contributed by atoms with E-state index in [9.17, 15) is 0 Å². The maximum atomic E-state index is 6.03. The van der Waals surface area contributed by atoms with Crippen LogP contribution in [0, 0.1) is 0 Å². The van der Waals surface area contributed by atoms with E-state index in [0.29, 0.717) is 21.6 Å². The summed E-state index contributed by atoms with van der Waals surface area (Å²) >= 11 is 12.1. The van der Waals surface area contributed by atoms with Gasteiger partial charge in [-0.25, -0.2) is 4.98 Å². The molecule has 2 rings (SSSR count). The Bertz CT molecular complexity index is 565. The summed E-state index contributed by atoms with van der Waals surface area (Å²) < 4.78 is 5.07. The van der Waals surface area contributed by atoms with Crippen LogP contribution in [0.2, 0.25) is 10.0 Å². The third-order valence-corrected chi connectivity index (χ3v) is 2.84. The normalized spacial score (nSPS) is 10.7. The zero-order valence-electron chi connectivity index (χ0n) is 10.1. The van der Waals surface area contributed by atoms with Crippen LogP contribution in [-0.4, -0.2) is 18.3 Å². The van der Waals surface area contributed by atoms with E-state index in [2.05, 4.69) is 15.5 Å². The fraction of sp³-hybridized carbons (Fsp3) is 0.0769. The summed E-state index contributed by atoms with van der Waals surface area (Å²) in [6.07, 6.45) is 3.28. The van der Waals surface area contributed by atoms with Gasteiger partial charge in [0.05, 0.1) is 23.4 Å². The topological polar surface area (TPSA) is 46.5 Å². The summed E-state index contributed by atoms with van der Waals surface area (Å²) in [6, 6.07) is 8.95. The first-order valence-corrected chi connectivity index (χ1v) is 6.19. The summed E-state index contributed by atoms with van der Waals surface area (Å²) in [7, 11) is 1.52. The Hall–Kier alpha value is -1.78. The molecule has 6 heteroatoms. The highest BCUT2D eigenvalue weighted by Gasteiger charge is 2.07. The number of nitrogens with one attached hydrogen (secondary N) is 1. The average Bonchev–Trinajstić information content (AvgIpc) is 2.40. The van der Waals surface area contributed by atoms with E-state index in [1.807, 2.05) is 18.2 Å². The van der Waals surface area contributed by atoms with E-state index < -0.39 is 0 Å². The molecule has 1 heterocycles. The minimum absolute atomic E-state index is 0.439. The summed E-state index contributed by atoms with van der Waals surface area (Å²) in [5, 5.41) is 4.93. The van der Waals surface area contributed by atoms with Crippen molar-refractivity contribution in [2.24, 2.45) is 5.10 Å². The van der Waals surface area contributed by atoms with Crippen molar-refractivity contribution < 1.29 is 4.74 Å². The summed E-state index contributed by atoms with van der Waals surface area (Å²) in [5.74, 6) is 1.11. The van der Waals surface area contributed by atoms with Crippen molar-refractivity contribution in [3.05, 3.63) is 52.1 Å². The second-order valence-electron chi connectivity index (χ2n) is 3.60. The van der Waals surface area contributed by atoms with Crippen LogP contribution in [-0.2, 0) is 0 Å². The number of pyridine rings is 1. The lowest BCUT2D eigenvalue weighted by Gasteiger charge is -2.06. The molecule has 0 aliphatic carbocycles. The Morgan fingerprint density at radius 3 is 2.58 bits per heavy atom. The molecular weight excluding hydrogens is 285 g/mol. The summed E-state index contributed by atoms with van der Waals surface area (Å²) in [5.41, 5.74) is 3.56. The lowest BCUT2D eigenvalue weighted by molar-refractivity contribution is 0.415. The number of rotatable bonds is 4. The molecule has 0 spiro atoms. The number of hydrazone groups is 1. The highest BCUT2D eigenvalue weighted by Crippen LogP contribution is 2.33. The molecule has 0 fully saturated rings. The monoisotopic (exact) mass is 295 g/mol. The summed E-state index contributed by atoms with van der Waals surface area (Å²) in [4.78, 5) is 4.08. The first kappa shape index (κ1) is 13.6. The van der Waals surface area contributed by atoms with Gasteiger partial charge in [0.2, 0.25) is 0 Å². The fourth-order valence-corrected chi connectivity index (χ4v) is 2.11. The average molecular weight is 296 g/mol. The van der Waals surface area contributed by atoms with Crippen LogP contribution in [0.4, 0.5) is 5.82 Å². The van der Waals surface area contributed by atoms with Crippen molar-refractivity contribution in [1.82, 2.24) is 4.98 Å². The van der Waals surface area contributed by atoms with Gasteiger partial charge in [-0.2, -0.15) is 5.10 Å². The summed E-state index contributed by atoms with van der Waals surface area (Å²) in [6.45, 7) is 0. The molecule has 1 N–H and O–H groups in total. The molecule has 0 saturated carbocycles. The number of benzene rings is 1. The second kappa shape index (κ2) is 6.41. The molecule has 0 aliphatic heterocycles. The van der Waals surface area contributed by atoms with Crippen LogP contribution in [0.25, 0.3) is 0 Å². The van der Waals surface area contributed by atoms with Crippen LogP contribution in [0.1, 0.15) is 5.56 Å². The fourth-order valence-electron chi connectivity index (χ4n) is 1.45. The number of anilines is 1. The van der Waals surface area contributed by atoms with Crippen molar-refractivity contribution in [3.8, 4) is 5.75 Å². The minimum Gasteiger partial charge on any atom is -0.494 e. The maximum absolute atomic E-state index is 6.03. The van der Waals surface area contributed by atoms with Gasteiger partial charge < -0.3 is 4.74 Å².